The first-order valence-corrected chi connectivity index (χ1v) is 3.53. The van der Waals surface area contributed by atoms with E-state index in [0.29, 0.717) is 6.61 Å². The van der Waals surface area contributed by atoms with Crippen LogP contribution in [0.3, 0.4) is 0 Å². The summed E-state index contributed by atoms with van der Waals surface area (Å²) in [5.74, 6) is 5.71. The summed E-state index contributed by atoms with van der Waals surface area (Å²) in [6, 6.07) is 0. The highest BCUT2D eigenvalue weighted by atomic mass is 16.5. The van der Waals surface area contributed by atoms with Gasteiger partial charge in [-0.1, -0.05) is 18.8 Å². The van der Waals surface area contributed by atoms with Crippen LogP contribution in [-0.4, -0.2) is 23.4 Å². The summed E-state index contributed by atoms with van der Waals surface area (Å²) in [7, 11) is 0. The molecule has 56 valence electrons. The van der Waals surface area contributed by atoms with Crippen LogP contribution in [0, 0.1) is 11.8 Å². The fourth-order valence-electron chi connectivity index (χ4n) is 1.10. The average Bonchev–Trinajstić information content (AvgIpc) is 2.35. The molecule has 1 heterocycles. The van der Waals surface area contributed by atoms with Crippen molar-refractivity contribution < 1.29 is 9.84 Å². The number of hydrogen-bond acceptors (Lipinski definition) is 2. The predicted molar refractivity (Wildman–Crippen MR) is 38.4 cm³/mol. The lowest BCUT2D eigenvalue weighted by Gasteiger charge is -2.26. The second kappa shape index (κ2) is 2.61. The first-order chi connectivity index (χ1) is 4.71. The molecular weight excluding hydrogens is 128 g/mol. The molecule has 2 nitrogen and oxygen atoms in total. The minimum Gasteiger partial charge on any atom is -0.389 e. The third-order valence-electron chi connectivity index (χ3n) is 1.90. The summed E-state index contributed by atoms with van der Waals surface area (Å²) in [6.45, 7) is 4.13. The van der Waals surface area contributed by atoms with Crippen molar-refractivity contribution in [1.29, 1.82) is 0 Å². The van der Waals surface area contributed by atoms with E-state index in [1.54, 1.807) is 6.92 Å². The Balaban J connectivity index is 2.72. The van der Waals surface area contributed by atoms with E-state index in [1.165, 1.54) is 0 Å². The van der Waals surface area contributed by atoms with Gasteiger partial charge in [-0.2, -0.15) is 0 Å². The fraction of sp³-hybridized carbons (Fsp3) is 0.750. The van der Waals surface area contributed by atoms with E-state index < -0.39 is 11.7 Å². The number of hydrogen-bond donors (Lipinski definition) is 1. The molecule has 0 aromatic rings. The Hall–Kier alpha value is -0.520. The molecule has 0 spiro atoms. The molecule has 0 aliphatic carbocycles. The highest BCUT2D eigenvalue weighted by Gasteiger charge is 2.34. The Labute approximate surface area is 61.2 Å². The lowest BCUT2D eigenvalue weighted by molar-refractivity contribution is -0.0601. The SMILES string of the molecule is CCC1(C(C)O)C#CCO1. The Kier molecular flexibility index (Phi) is 1.98. The molecule has 0 bridgehead atoms. The van der Waals surface area contributed by atoms with Crippen molar-refractivity contribution in [1.82, 2.24) is 0 Å². The molecule has 2 heteroatoms. The Bertz CT molecular complexity index is 175. The van der Waals surface area contributed by atoms with E-state index in [0.717, 1.165) is 6.42 Å². The van der Waals surface area contributed by atoms with Crippen LogP contribution in [-0.2, 0) is 4.74 Å². The van der Waals surface area contributed by atoms with Gasteiger partial charge < -0.3 is 9.84 Å². The van der Waals surface area contributed by atoms with Crippen molar-refractivity contribution >= 4 is 0 Å². The number of rotatable bonds is 2. The van der Waals surface area contributed by atoms with Crippen molar-refractivity contribution in [2.45, 2.75) is 32.0 Å². The molecule has 1 N–H and O–H groups in total. The van der Waals surface area contributed by atoms with Crippen LogP contribution in [0.15, 0.2) is 0 Å². The maximum Gasteiger partial charge on any atom is 0.155 e. The molecule has 1 rings (SSSR count). The topological polar surface area (TPSA) is 29.5 Å². The molecule has 0 fully saturated rings. The highest BCUT2D eigenvalue weighted by molar-refractivity contribution is 5.21. The van der Waals surface area contributed by atoms with Crippen LogP contribution < -0.4 is 0 Å². The second-order valence-electron chi connectivity index (χ2n) is 2.51. The molecule has 0 saturated carbocycles. The molecule has 0 saturated heterocycles. The minimum atomic E-state index is -0.569. The Morgan fingerprint density at radius 3 is 2.70 bits per heavy atom. The highest BCUT2D eigenvalue weighted by Crippen LogP contribution is 2.22. The van der Waals surface area contributed by atoms with Gasteiger partial charge in [0.2, 0.25) is 0 Å². The Morgan fingerprint density at radius 2 is 2.50 bits per heavy atom. The second-order valence-corrected chi connectivity index (χ2v) is 2.51. The van der Waals surface area contributed by atoms with E-state index in [4.69, 9.17) is 4.74 Å². The van der Waals surface area contributed by atoms with Crippen LogP contribution >= 0.6 is 0 Å². The molecule has 0 amide bonds. The molecule has 2 atom stereocenters. The third-order valence-corrected chi connectivity index (χ3v) is 1.90. The molecule has 2 unspecified atom stereocenters. The van der Waals surface area contributed by atoms with Crippen LogP contribution in [0.25, 0.3) is 0 Å². The predicted octanol–water partition coefficient (Wildman–Crippen LogP) is 0.550. The quantitative estimate of drug-likeness (QED) is 0.567. The summed E-state index contributed by atoms with van der Waals surface area (Å²) in [5.41, 5.74) is -0.569. The molecule has 1 aliphatic heterocycles. The Morgan fingerprint density at radius 1 is 1.80 bits per heavy atom. The van der Waals surface area contributed by atoms with E-state index in [9.17, 15) is 5.11 Å². The lowest BCUT2D eigenvalue weighted by atomic mass is 9.96. The number of aliphatic hydroxyl groups excluding tert-OH is 1. The van der Waals surface area contributed by atoms with Crippen molar-refractivity contribution in [3.8, 4) is 11.8 Å². The van der Waals surface area contributed by atoms with Gasteiger partial charge in [-0.25, -0.2) is 0 Å². The van der Waals surface area contributed by atoms with Crippen molar-refractivity contribution in [3.05, 3.63) is 0 Å². The normalized spacial score (nSPS) is 33.1. The summed E-state index contributed by atoms with van der Waals surface area (Å²) >= 11 is 0. The zero-order chi connectivity index (χ0) is 7.61. The summed E-state index contributed by atoms with van der Waals surface area (Å²) in [5, 5.41) is 9.28. The van der Waals surface area contributed by atoms with Crippen LogP contribution in [0.1, 0.15) is 20.3 Å². The fourth-order valence-corrected chi connectivity index (χ4v) is 1.10. The van der Waals surface area contributed by atoms with Gasteiger partial charge in [0.15, 0.2) is 5.60 Å². The van der Waals surface area contributed by atoms with Gasteiger partial charge in [0, 0.05) is 0 Å². The van der Waals surface area contributed by atoms with Gasteiger partial charge in [-0.05, 0) is 13.3 Å². The molecule has 10 heavy (non-hydrogen) atoms. The zero-order valence-electron chi connectivity index (χ0n) is 6.35. The number of aliphatic hydroxyl groups is 1. The van der Waals surface area contributed by atoms with Gasteiger partial charge in [0.1, 0.15) is 6.61 Å². The molecule has 0 aromatic heterocycles. The minimum absolute atomic E-state index is 0.457. The molecule has 0 radical (unpaired) electrons. The summed E-state index contributed by atoms with van der Waals surface area (Å²) in [4.78, 5) is 0. The first-order valence-electron chi connectivity index (χ1n) is 3.53. The van der Waals surface area contributed by atoms with Crippen molar-refractivity contribution in [3.63, 3.8) is 0 Å². The van der Waals surface area contributed by atoms with E-state index >= 15 is 0 Å². The van der Waals surface area contributed by atoms with Gasteiger partial charge in [0.25, 0.3) is 0 Å². The van der Waals surface area contributed by atoms with Crippen molar-refractivity contribution in [2.24, 2.45) is 0 Å². The largest absolute Gasteiger partial charge is 0.389 e. The maximum absolute atomic E-state index is 9.28. The van der Waals surface area contributed by atoms with E-state index in [-0.39, 0.29) is 0 Å². The maximum atomic E-state index is 9.28. The van der Waals surface area contributed by atoms with Gasteiger partial charge in [0.05, 0.1) is 6.10 Å². The summed E-state index contributed by atoms with van der Waals surface area (Å²) < 4.78 is 5.28. The monoisotopic (exact) mass is 140 g/mol. The van der Waals surface area contributed by atoms with Gasteiger partial charge >= 0.3 is 0 Å². The molecule has 0 aromatic carbocycles. The molecule has 1 aliphatic rings. The van der Waals surface area contributed by atoms with Gasteiger partial charge in [-0.3, -0.25) is 0 Å². The van der Waals surface area contributed by atoms with E-state index in [1.807, 2.05) is 6.92 Å². The summed E-state index contributed by atoms with van der Waals surface area (Å²) in [6.07, 6.45) is 0.255. The van der Waals surface area contributed by atoms with Crippen LogP contribution in [0.4, 0.5) is 0 Å². The standard InChI is InChI=1S/C8H12O2/c1-3-8(7(2)9)5-4-6-10-8/h7,9H,3,6H2,1-2H3. The zero-order valence-corrected chi connectivity index (χ0v) is 6.35. The van der Waals surface area contributed by atoms with Crippen LogP contribution in [0.2, 0.25) is 0 Å². The third kappa shape index (κ3) is 1.03. The van der Waals surface area contributed by atoms with E-state index in [2.05, 4.69) is 11.8 Å². The number of ether oxygens (including phenoxy) is 1. The molecular formula is C8H12O2. The average molecular weight is 140 g/mol. The van der Waals surface area contributed by atoms with Crippen molar-refractivity contribution in [2.75, 3.05) is 6.61 Å². The van der Waals surface area contributed by atoms with Gasteiger partial charge in [-0.15, -0.1) is 0 Å². The smallest absolute Gasteiger partial charge is 0.155 e. The lowest BCUT2D eigenvalue weighted by Crippen LogP contribution is -2.39. The first kappa shape index (κ1) is 7.59. The van der Waals surface area contributed by atoms with Crippen LogP contribution in [0.5, 0.6) is 0 Å².